The Labute approximate surface area is 142 Å². The van der Waals surface area contributed by atoms with Crippen molar-refractivity contribution in [1.82, 2.24) is 5.32 Å². The summed E-state index contributed by atoms with van der Waals surface area (Å²) in [4.78, 5) is 12.3. The average molecular weight is 335 g/mol. The quantitative estimate of drug-likeness (QED) is 0.825. The van der Waals surface area contributed by atoms with Crippen LogP contribution in [0.4, 0.5) is 0 Å². The number of piperidine rings is 1. The number of nitrogens with one attached hydrogen (secondary N) is 1. The third-order valence-corrected chi connectivity index (χ3v) is 4.24. The van der Waals surface area contributed by atoms with E-state index in [1.54, 1.807) is 6.92 Å². The Kier molecular flexibility index (Phi) is 5.20. The molecule has 2 heterocycles. The summed E-state index contributed by atoms with van der Waals surface area (Å²) in [7, 11) is 0. The van der Waals surface area contributed by atoms with E-state index in [4.69, 9.17) is 18.9 Å². The molecule has 0 bridgehead atoms. The highest BCUT2D eigenvalue weighted by molar-refractivity contribution is 5.77. The molecule has 1 N–H and O–H groups in total. The van der Waals surface area contributed by atoms with Gasteiger partial charge in [-0.2, -0.15) is 0 Å². The van der Waals surface area contributed by atoms with Crippen LogP contribution in [0.15, 0.2) is 30.3 Å². The third kappa shape index (κ3) is 3.78. The van der Waals surface area contributed by atoms with Crippen molar-refractivity contribution in [2.24, 2.45) is 0 Å². The minimum atomic E-state index is -0.686. The number of rotatable bonds is 5. The van der Waals surface area contributed by atoms with E-state index >= 15 is 0 Å². The molecule has 4 atom stereocenters. The van der Waals surface area contributed by atoms with Crippen LogP contribution >= 0.6 is 0 Å². The zero-order valence-corrected chi connectivity index (χ0v) is 14.4. The van der Waals surface area contributed by atoms with Gasteiger partial charge in [0.05, 0.1) is 13.2 Å². The second-order valence-corrected chi connectivity index (χ2v) is 6.54. The van der Waals surface area contributed by atoms with Crippen molar-refractivity contribution in [3.05, 3.63) is 35.9 Å². The van der Waals surface area contributed by atoms with Gasteiger partial charge in [0.2, 0.25) is 0 Å². The molecule has 0 amide bonds. The standard InChI is InChI=1S/C18H25NO5/c1-4-21-17(20)14-16(22-11-12-8-6-5-7-9-12)15-13(10-19-14)23-18(2,3)24-15/h5-9,13-16,19H,4,10-11H2,1-3H3/t13-,14-,15+,16-/m0/s1. The highest BCUT2D eigenvalue weighted by Crippen LogP contribution is 2.34. The van der Waals surface area contributed by atoms with Gasteiger partial charge < -0.3 is 18.9 Å². The normalized spacial score (nSPS) is 31.5. The number of carbonyl (C=O) groups excluding carboxylic acids is 1. The van der Waals surface area contributed by atoms with Crippen LogP contribution < -0.4 is 5.32 Å². The monoisotopic (exact) mass is 335 g/mol. The summed E-state index contributed by atoms with van der Waals surface area (Å²) in [5, 5.41) is 3.19. The van der Waals surface area contributed by atoms with E-state index < -0.39 is 17.9 Å². The van der Waals surface area contributed by atoms with Gasteiger partial charge in [0.25, 0.3) is 0 Å². The van der Waals surface area contributed by atoms with Crippen LogP contribution in [-0.2, 0) is 30.3 Å². The van der Waals surface area contributed by atoms with Crippen molar-refractivity contribution >= 4 is 5.97 Å². The van der Waals surface area contributed by atoms with E-state index in [1.165, 1.54) is 0 Å². The molecule has 1 aromatic rings. The van der Waals surface area contributed by atoms with Crippen LogP contribution in [-0.4, -0.2) is 49.3 Å². The molecule has 1 aromatic carbocycles. The zero-order chi connectivity index (χ0) is 17.2. The minimum absolute atomic E-state index is 0.147. The Balaban J connectivity index is 1.75. The lowest BCUT2D eigenvalue weighted by Gasteiger charge is -2.37. The molecule has 2 aliphatic heterocycles. The van der Waals surface area contributed by atoms with Crippen LogP contribution in [0, 0.1) is 0 Å². The van der Waals surface area contributed by atoms with Gasteiger partial charge in [0.1, 0.15) is 24.4 Å². The SMILES string of the molecule is CCOC(=O)[C@H]1NC[C@@H]2OC(C)(C)O[C@H]2[C@H]1OCc1ccccc1. The molecule has 2 fully saturated rings. The van der Waals surface area contributed by atoms with Crippen molar-refractivity contribution in [1.29, 1.82) is 0 Å². The topological polar surface area (TPSA) is 66.0 Å². The predicted molar refractivity (Wildman–Crippen MR) is 87.3 cm³/mol. The molecule has 0 radical (unpaired) electrons. The fraction of sp³-hybridized carbons (Fsp3) is 0.611. The number of fused-ring (bicyclic) bond motifs is 1. The number of hydrogen-bond acceptors (Lipinski definition) is 6. The minimum Gasteiger partial charge on any atom is -0.465 e. The summed E-state index contributed by atoms with van der Waals surface area (Å²) >= 11 is 0. The Morgan fingerprint density at radius 3 is 2.75 bits per heavy atom. The lowest BCUT2D eigenvalue weighted by atomic mass is 9.96. The van der Waals surface area contributed by atoms with Crippen LogP contribution in [0.2, 0.25) is 0 Å². The van der Waals surface area contributed by atoms with Crippen molar-refractivity contribution < 1.29 is 23.7 Å². The molecule has 6 heteroatoms. The first-order valence-electron chi connectivity index (χ1n) is 8.41. The zero-order valence-electron chi connectivity index (χ0n) is 14.4. The van der Waals surface area contributed by atoms with Crippen molar-refractivity contribution in [3.8, 4) is 0 Å². The summed E-state index contributed by atoms with van der Waals surface area (Å²) in [6.07, 6.45) is -0.921. The Morgan fingerprint density at radius 1 is 1.29 bits per heavy atom. The van der Waals surface area contributed by atoms with Gasteiger partial charge >= 0.3 is 5.97 Å². The van der Waals surface area contributed by atoms with Gasteiger partial charge in [0.15, 0.2) is 5.79 Å². The number of benzene rings is 1. The van der Waals surface area contributed by atoms with E-state index in [9.17, 15) is 4.79 Å². The first-order valence-corrected chi connectivity index (χ1v) is 8.41. The number of esters is 1. The van der Waals surface area contributed by atoms with Gasteiger partial charge in [-0.05, 0) is 26.3 Å². The maximum atomic E-state index is 12.3. The maximum absolute atomic E-state index is 12.3. The summed E-state index contributed by atoms with van der Waals surface area (Å²) in [5.74, 6) is -1.00. The van der Waals surface area contributed by atoms with Gasteiger partial charge in [-0.1, -0.05) is 30.3 Å². The molecular weight excluding hydrogens is 310 g/mol. The van der Waals surface area contributed by atoms with E-state index in [2.05, 4.69) is 5.32 Å². The van der Waals surface area contributed by atoms with Crippen LogP contribution in [0.25, 0.3) is 0 Å². The molecule has 0 saturated carbocycles. The fourth-order valence-electron chi connectivity index (χ4n) is 3.26. The first-order chi connectivity index (χ1) is 11.5. The van der Waals surface area contributed by atoms with Gasteiger partial charge in [-0.25, -0.2) is 0 Å². The van der Waals surface area contributed by atoms with E-state index in [0.717, 1.165) is 5.56 Å². The molecule has 6 nitrogen and oxygen atoms in total. The molecule has 0 spiro atoms. The molecular formula is C18H25NO5. The van der Waals surface area contributed by atoms with E-state index in [-0.39, 0.29) is 18.2 Å². The lowest BCUT2D eigenvalue weighted by molar-refractivity contribution is -0.170. The molecule has 0 unspecified atom stereocenters. The second-order valence-electron chi connectivity index (χ2n) is 6.54. The summed E-state index contributed by atoms with van der Waals surface area (Å²) in [6.45, 7) is 6.80. The first kappa shape index (κ1) is 17.4. The summed E-state index contributed by atoms with van der Waals surface area (Å²) < 4.78 is 23.2. The van der Waals surface area contributed by atoms with Gasteiger partial charge in [-0.3, -0.25) is 10.1 Å². The second kappa shape index (κ2) is 7.19. The summed E-state index contributed by atoms with van der Waals surface area (Å²) in [5.41, 5.74) is 1.04. The lowest BCUT2D eigenvalue weighted by Crippen LogP contribution is -2.62. The summed E-state index contributed by atoms with van der Waals surface area (Å²) in [6, 6.07) is 9.29. The number of carbonyl (C=O) groups is 1. The van der Waals surface area contributed by atoms with Crippen LogP contribution in [0.5, 0.6) is 0 Å². The highest BCUT2D eigenvalue weighted by atomic mass is 16.8. The van der Waals surface area contributed by atoms with Crippen molar-refractivity contribution in [3.63, 3.8) is 0 Å². The Morgan fingerprint density at radius 2 is 2.04 bits per heavy atom. The molecule has 24 heavy (non-hydrogen) atoms. The molecule has 2 saturated heterocycles. The van der Waals surface area contributed by atoms with Crippen LogP contribution in [0.1, 0.15) is 26.3 Å². The van der Waals surface area contributed by atoms with E-state index in [0.29, 0.717) is 19.8 Å². The largest absolute Gasteiger partial charge is 0.465 e. The van der Waals surface area contributed by atoms with Crippen molar-refractivity contribution in [2.75, 3.05) is 13.2 Å². The molecule has 3 rings (SSSR count). The number of ether oxygens (including phenoxy) is 4. The molecule has 2 aliphatic rings. The Bertz CT molecular complexity index is 562. The van der Waals surface area contributed by atoms with Gasteiger partial charge in [0, 0.05) is 6.54 Å². The molecule has 0 aliphatic carbocycles. The number of hydrogen-bond donors (Lipinski definition) is 1. The Hall–Kier alpha value is -1.47. The third-order valence-electron chi connectivity index (χ3n) is 4.24. The average Bonchev–Trinajstić information content (AvgIpc) is 2.88. The van der Waals surface area contributed by atoms with Gasteiger partial charge in [-0.15, -0.1) is 0 Å². The van der Waals surface area contributed by atoms with Crippen molar-refractivity contribution in [2.45, 2.75) is 57.5 Å². The molecule has 0 aromatic heterocycles. The maximum Gasteiger partial charge on any atom is 0.325 e. The smallest absolute Gasteiger partial charge is 0.325 e. The van der Waals surface area contributed by atoms with E-state index in [1.807, 2.05) is 44.2 Å². The fourth-order valence-corrected chi connectivity index (χ4v) is 3.26. The van der Waals surface area contributed by atoms with Crippen LogP contribution in [0.3, 0.4) is 0 Å². The predicted octanol–water partition coefficient (Wildman–Crippen LogP) is 1.63. The molecule has 132 valence electrons. The highest BCUT2D eigenvalue weighted by Gasteiger charge is 2.52.